The summed E-state index contributed by atoms with van der Waals surface area (Å²) in [4.78, 5) is 23.9. The molecule has 7 nitrogen and oxygen atoms in total. The third-order valence-corrected chi connectivity index (χ3v) is 5.31. The molecule has 0 atom stereocenters. The van der Waals surface area contributed by atoms with Crippen LogP contribution in [0.2, 0.25) is 0 Å². The first-order valence-electron chi connectivity index (χ1n) is 10.9. The van der Waals surface area contributed by atoms with Crippen molar-refractivity contribution in [1.82, 2.24) is 15.3 Å². The second kappa shape index (κ2) is 10.1. The number of aryl methyl sites for hydroxylation is 1. The van der Waals surface area contributed by atoms with E-state index >= 15 is 0 Å². The predicted molar refractivity (Wildman–Crippen MR) is 125 cm³/mol. The lowest BCUT2D eigenvalue weighted by molar-refractivity contribution is -0.274. The number of carbonyl (C=O) groups excluding carboxylic acids is 1. The van der Waals surface area contributed by atoms with Gasteiger partial charge in [0.05, 0.1) is 11.2 Å². The lowest BCUT2D eigenvalue weighted by Crippen LogP contribution is -2.29. The number of hydrogen-bond acceptors (Lipinski definition) is 6. The Labute approximate surface area is 194 Å². The van der Waals surface area contributed by atoms with E-state index in [-0.39, 0.29) is 11.7 Å². The number of ether oxygens (including phenoxy) is 1. The van der Waals surface area contributed by atoms with Crippen molar-refractivity contribution in [2.24, 2.45) is 0 Å². The Hall–Kier alpha value is -3.66. The summed E-state index contributed by atoms with van der Waals surface area (Å²) in [5.74, 6) is 0.0146. The maximum atomic E-state index is 12.3. The molecule has 0 aliphatic carbocycles. The summed E-state index contributed by atoms with van der Waals surface area (Å²) in [5.41, 5.74) is 2.78. The quantitative estimate of drug-likeness (QED) is 0.541. The molecule has 1 aliphatic rings. The van der Waals surface area contributed by atoms with Gasteiger partial charge in [-0.2, -0.15) is 0 Å². The average molecular weight is 471 g/mol. The van der Waals surface area contributed by atoms with Gasteiger partial charge in [0.1, 0.15) is 5.75 Å². The molecule has 2 N–H and O–H groups in total. The third kappa shape index (κ3) is 6.22. The molecule has 3 aromatic rings. The van der Waals surface area contributed by atoms with Crippen molar-refractivity contribution in [2.75, 3.05) is 36.4 Å². The van der Waals surface area contributed by atoms with Gasteiger partial charge in [0.15, 0.2) is 0 Å². The van der Waals surface area contributed by atoms with Crippen LogP contribution < -0.4 is 20.3 Å². The van der Waals surface area contributed by atoms with Crippen LogP contribution in [0.4, 0.5) is 24.8 Å². The Morgan fingerprint density at radius 3 is 2.68 bits per heavy atom. The number of fused-ring (bicyclic) bond motifs is 1. The second-order valence-electron chi connectivity index (χ2n) is 7.87. The predicted octanol–water partition coefficient (Wildman–Crippen LogP) is 4.29. The highest BCUT2D eigenvalue weighted by atomic mass is 19.4. The van der Waals surface area contributed by atoms with Gasteiger partial charge < -0.3 is 20.3 Å². The number of benzene rings is 2. The zero-order valence-corrected chi connectivity index (χ0v) is 18.5. The van der Waals surface area contributed by atoms with E-state index in [0.29, 0.717) is 17.2 Å². The summed E-state index contributed by atoms with van der Waals surface area (Å²) >= 11 is 0. The maximum Gasteiger partial charge on any atom is 0.573 e. The molecule has 2 aromatic carbocycles. The van der Waals surface area contributed by atoms with Gasteiger partial charge >= 0.3 is 6.36 Å². The molecule has 0 bridgehead atoms. The highest BCUT2D eigenvalue weighted by Gasteiger charge is 2.30. The van der Waals surface area contributed by atoms with E-state index < -0.39 is 6.36 Å². The zero-order valence-electron chi connectivity index (χ0n) is 18.5. The molecule has 1 fully saturated rings. The summed E-state index contributed by atoms with van der Waals surface area (Å²) in [6.07, 6.45) is -0.898. The van der Waals surface area contributed by atoms with E-state index in [9.17, 15) is 18.0 Å². The number of amides is 1. The molecule has 10 heteroatoms. The van der Waals surface area contributed by atoms with E-state index in [4.69, 9.17) is 4.98 Å². The van der Waals surface area contributed by atoms with Crippen molar-refractivity contribution in [3.63, 3.8) is 0 Å². The smallest absolute Gasteiger partial charge is 0.406 e. The summed E-state index contributed by atoms with van der Waals surface area (Å²) in [7, 11) is 0. The van der Waals surface area contributed by atoms with Crippen molar-refractivity contribution in [3.8, 4) is 5.75 Å². The molecule has 0 saturated carbocycles. The first-order chi connectivity index (χ1) is 16.3. The molecule has 1 saturated heterocycles. The fourth-order valence-corrected chi connectivity index (χ4v) is 3.67. The van der Waals surface area contributed by atoms with Crippen LogP contribution in [0.25, 0.3) is 17.0 Å². The zero-order chi connectivity index (χ0) is 24.1. The minimum Gasteiger partial charge on any atom is -0.406 e. The number of rotatable bonds is 5. The molecule has 4 rings (SSSR count). The van der Waals surface area contributed by atoms with Crippen LogP contribution in [0.3, 0.4) is 0 Å². The molecule has 0 radical (unpaired) electrons. The molecule has 0 unspecified atom stereocenters. The minimum absolute atomic E-state index is 0.321. The van der Waals surface area contributed by atoms with Crippen LogP contribution in [-0.2, 0) is 4.79 Å². The standard InChI is InChI=1S/C24H24F3N5O2/c1-16-20-15-18(6-9-21(20)31-23(29-16)32-13-2-11-28-12-14-32)30-22(33)10-5-17-3-7-19(8-4-17)34-24(25,26)27/h3-10,15,28H,2,11-14H2,1H3,(H,30,33). The van der Waals surface area contributed by atoms with Crippen LogP contribution in [0, 0.1) is 6.92 Å². The number of halogens is 3. The van der Waals surface area contributed by atoms with Gasteiger partial charge in [-0.15, -0.1) is 13.2 Å². The van der Waals surface area contributed by atoms with E-state index in [1.54, 1.807) is 6.07 Å². The Bertz CT molecular complexity index is 1190. The number of alkyl halides is 3. The summed E-state index contributed by atoms with van der Waals surface area (Å²) in [6, 6.07) is 10.7. The molecular weight excluding hydrogens is 447 g/mol. The van der Waals surface area contributed by atoms with Crippen molar-refractivity contribution in [2.45, 2.75) is 19.7 Å². The molecule has 1 amide bonds. The Kier molecular flexibility index (Phi) is 6.97. The van der Waals surface area contributed by atoms with Crippen LogP contribution in [-0.4, -0.2) is 48.4 Å². The molecule has 1 aromatic heterocycles. The van der Waals surface area contributed by atoms with Crippen LogP contribution in [0.1, 0.15) is 17.7 Å². The number of hydrogen-bond donors (Lipinski definition) is 2. The summed E-state index contributed by atoms with van der Waals surface area (Å²) < 4.78 is 40.6. The Morgan fingerprint density at radius 2 is 1.91 bits per heavy atom. The molecule has 178 valence electrons. The number of anilines is 2. The van der Waals surface area contributed by atoms with E-state index in [2.05, 4.69) is 25.3 Å². The van der Waals surface area contributed by atoms with E-state index in [0.717, 1.165) is 49.2 Å². The van der Waals surface area contributed by atoms with Crippen molar-refractivity contribution >= 4 is 34.5 Å². The highest BCUT2D eigenvalue weighted by molar-refractivity contribution is 6.03. The minimum atomic E-state index is -4.74. The van der Waals surface area contributed by atoms with Crippen LogP contribution in [0.15, 0.2) is 48.5 Å². The number of carbonyl (C=O) groups is 1. The van der Waals surface area contributed by atoms with Crippen LogP contribution >= 0.6 is 0 Å². The normalized spacial score (nSPS) is 14.9. The van der Waals surface area contributed by atoms with Crippen LogP contribution in [0.5, 0.6) is 5.75 Å². The number of nitrogens with zero attached hydrogens (tertiary/aromatic N) is 3. The molecule has 2 heterocycles. The van der Waals surface area contributed by atoms with Gasteiger partial charge in [-0.1, -0.05) is 12.1 Å². The lowest BCUT2D eigenvalue weighted by Gasteiger charge is -2.20. The van der Waals surface area contributed by atoms with Gasteiger partial charge in [0.2, 0.25) is 11.9 Å². The van der Waals surface area contributed by atoms with E-state index in [1.807, 2.05) is 19.1 Å². The first-order valence-corrected chi connectivity index (χ1v) is 10.9. The number of aromatic nitrogens is 2. The monoisotopic (exact) mass is 471 g/mol. The van der Waals surface area contributed by atoms with Gasteiger partial charge in [-0.05, 0) is 61.9 Å². The van der Waals surface area contributed by atoms with Gasteiger partial charge in [0, 0.05) is 36.8 Å². The maximum absolute atomic E-state index is 12.3. The largest absolute Gasteiger partial charge is 0.573 e. The second-order valence-corrected chi connectivity index (χ2v) is 7.87. The summed E-state index contributed by atoms with van der Waals surface area (Å²) in [5, 5.41) is 7.00. The van der Waals surface area contributed by atoms with Crippen molar-refractivity contribution in [3.05, 3.63) is 59.8 Å². The Balaban J connectivity index is 1.43. The SMILES string of the molecule is Cc1nc(N2CCCNCC2)nc2ccc(NC(=O)C=Cc3ccc(OC(F)(F)F)cc3)cc12. The fourth-order valence-electron chi connectivity index (χ4n) is 3.67. The molecule has 1 aliphatic heterocycles. The lowest BCUT2D eigenvalue weighted by atomic mass is 10.1. The molecular formula is C24H24F3N5O2. The van der Waals surface area contributed by atoms with E-state index in [1.165, 1.54) is 36.4 Å². The third-order valence-electron chi connectivity index (χ3n) is 5.31. The fraction of sp³-hybridized carbons (Fsp3) is 0.292. The Morgan fingerprint density at radius 1 is 1.12 bits per heavy atom. The first kappa shape index (κ1) is 23.5. The topological polar surface area (TPSA) is 79.4 Å². The van der Waals surface area contributed by atoms with Crippen molar-refractivity contribution < 1.29 is 22.7 Å². The van der Waals surface area contributed by atoms with Gasteiger partial charge in [0.25, 0.3) is 0 Å². The molecule has 34 heavy (non-hydrogen) atoms. The molecule has 0 spiro atoms. The van der Waals surface area contributed by atoms with Gasteiger partial charge in [-0.3, -0.25) is 4.79 Å². The summed E-state index contributed by atoms with van der Waals surface area (Å²) in [6.45, 7) is 5.55. The number of nitrogens with one attached hydrogen (secondary N) is 2. The van der Waals surface area contributed by atoms with Gasteiger partial charge in [-0.25, -0.2) is 9.97 Å². The average Bonchev–Trinajstić information content (AvgIpc) is 3.08. The van der Waals surface area contributed by atoms with Crippen molar-refractivity contribution in [1.29, 1.82) is 0 Å². The highest BCUT2D eigenvalue weighted by Crippen LogP contribution is 2.24.